The zero-order chi connectivity index (χ0) is 14.8. The molecule has 0 unspecified atom stereocenters. The molecule has 0 bridgehead atoms. The van der Waals surface area contributed by atoms with E-state index in [1.807, 2.05) is 30.2 Å². The van der Waals surface area contributed by atoms with Crippen LogP contribution >= 0.6 is 0 Å². The van der Waals surface area contributed by atoms with Crippen LogP contribution in [0.2, 0.25) is 0 Å². The van der Waals surface area contributed by atoms with Gasteiger partial charge in [0.15, 0.2) is 0 Å². The van der Waals surface area contributed by atoms with E-state index < -0.39 is 0 Å². The molecule has 1 fully saturated rings. The molecule has 0 spiro atoms. The van der Waals surface area contributed by atoms with Gasteiger partial charge in [0.2, 0.25) is 0 Å². The SMILES string of the molecule is CC(C)N1CCC(c2cnc(-c3ccnn3C)cn2)CC1. The Kier molecular flexibility index (Phi) is 4.01. The molecule has 1 saturated heterocycles. The van der Waals surface area contributed by atoms with Gasteiger partial charge in [0.1, 0.15) is 5.69 Å². The van der Waals surface area contributed by atoms with Crippen LogP contribution in [0.1, 0.15) is 38.3 Å². The fourth-order valence-electron chi connectivity index (χ4n) is 3.02. The van der Waals surface area contributed by atoms with Gasteiger partial charge in [-0.2, -0.15) is 5.10 Å². The molecule has 0 atom stereocenters. The molecule has 5 nitrogen and oxygen atoms in total. The van der Waals surface area contributed by atoms with Crippen molar-refractivity contribution < 1.29 is 0 Å². The Balaban J connectivity index is 1.69. The molecule has 0 saturated carbocycles. The van der Waals surface area contributed by atoms with E-state index in [0.717, 1.165) is 30.2 Å². The standard InChI is InChI=1S/C16H23N5/c1-12(2)21-8-5-13(6-9-21)14-10-18-15(11-17-14)16-4-7-19-20(16)3/h4,7,10-13H,5-6,8-9H2,1-3H3. The number of nitrogens with zero attached hydrogens (tertiary/aromatic N) is 5. The maximum atomic E-state index is 4.65. The normalized spacial score (nSPS) is 17.5. The summed E-state index contributed by atoms with van der Waals surface area (Å²) >= 11 is 0. The maximum Gasteiger partial charge on any atom is 0.107 e. The third kappa shape index (κ3) is 2.97. The molecule has 5 heteroatoms. The van der Waals surface area contributed by atoms with E-state index in [4.69, 9.17) is 0 Å². The predicted octanol–water partition coefficient (Wildman–Crippen LogP) is 2.46. The van der Waals surface area contributed by atoms with Gasteiger partial charge in [-0.25, -0.2) is 0 Å². The van der Waals surface area contributed by atoms with Gasteiger partial charge < -0.3 is 4.90 Å². The number of aromatic nitrogens is 4. The average molecular weight is 285 g/mol. The van der Waals surface area contributed by atoms with Crippen LogP contribution in [0, 0.1) is 0 Å². The molecule has 3 rings (SSSR count). The lowest BCUT2D eigenvalue weighted by atomic mass is 9.93. The van der Waals surface area contributed by atoms with Crippen molar-refractivity contribution in [2.45, 2.75) is 38.6 Å². The monoisotopic (exact) mass is 285 g/mol. The first-order valence-electron chi connectivity index (χ1n) is 7.69. The minimum Gasteiger partial charge on any atom is -0.301 e. The molecular formula is C16H23N5. The Hall–Kier alpha value is -1.75. The summed E-state index contributed by atoms with van der Waals surface area (Å²) in [7, 11) is 1.92. The molecule has 21 heavy (non-hydrogen) atoms. The molecule has 0 radical (unpaired) electrons. The Morgan fingerprint density at radius 1 is 1.14 bits per heavy atom. The average Bonchev–Trinajstić information content (AvgIpc) is 2.94. The molecule has 0 N–H and O–H groups in total. The highest BCUT2D eigenvalue weighted by atomic mass is 15.3. The fourth-order valence-corrected chi connectivity index (χ4v) is 3.02. The summed E-state index contributed by atoms with van der Waals surface area (Å²) in [6, 6.07) is 2.61. The van der Waals surface area contributed by atoms with E-state index in [1.54, 1.807) is 6.20 Å². The Morgan fingerprint density at radius 2 is 1.90 bits per heavy atom. The lowest BCUT2D eigenvalue weighted by molar-refractivity contribution is 0.170. The Bertz CT molecular complexity index is 579. The largest absolute Gasteiger partial charge is 0.301 e. The first-order chi connectivity index (χ1) is 10.1. The topological polar surface area (TPSA) is 46.8 Å². The number of hydrogen-bond acceptors (Lipinski definition) is 4. The first kappa shape index (κ1) is 14.2. The molecule has 3 heterocycles. The molecular weight excluding hydrogens is 262 g/mol. The fraction of sp³-hybridized carbons (Fsp3) is 0.562. The summed E-state index contributed by atoms with van der Waals surface area (Å²) in [5, 5.41) is 4.17. The lowest BCUT2D eigenvalue weighted by Crippen LogP contribution is -2.38. The second-order valence-corrected chi connectivity index (χ2v) is 6.07. The number of piperidine rings is 1. The Labute approximate surface area is 126 Å². The van der Waals surface area contributed by atoms with Crippen LogP contribution in [0.25, 0.3) is 11.4 Å². The van der Waals surface area contributed by atoms with Crippen molar-refractivity contribution in [3.63, 3.8) is 0 Å². The van der Waals surface area contributed by atoms with Gasteiger partial charge in [-0.3, -0.25) is 14.6 Å². The highest BCUT2D eigenvalue weighted by Crippen LogP contribution is 2.27. The lowest BCUT2D eigenvalue weighted by Gasteiger charge is -2.34. The number of aryl methyl sites for hydroxylation is 1. The van der Waals surface area contributed by atoms with Crippen LogP contribution < -0.4 is 0 Å². The zero-order valence-corrected chi connectivity index (χ0v) is 13.0. The smallest absolute Gasteiger partial charge is 0.107 e. The van der Waals surface area contributed by atoms with Crippen molar-refractivity contribution >= 4 is 0 Å². The van der Waals surface area contributed by atoms with E-state index in [0.29, 0.717) is 12.0 Å². The van der Waals surface area contributed by atoms with E-state index in [1.165, 1.54) is 12.8 Å². The van der Waals surface area contributed by atoms with Crippen LogP contribution in [-0.2, 0) is 7.05 Å². The summed E-state index contributed by atoms with van der Waals surface area (Å²) in [5.41, 5.74) is 3.02. The number of likely N-dealkylation sites (tertiary alicyclic amines) is 1. The van der Waals surface area contributed by atoms with Gasteiger partial charge >= 0.3 is 0 Å². The molecule has 112 valence electrons. The molecule has 2 aromatic rings. The van der Waals surface area contributed by atoms with Crippen LogP contribution in [0.5, 0.6) is 0 Å². The summed E-state index contributed by atoms with van der Waals surface area (Å²) in [6.45, 7) is 6.85. The predicted molar refractivity (Wildman–Crippen MR) is 82.9 cm³/mol. The summed E-state index contributed by atoms with van der Waals surface area (Å²) in [6.07, 6.45) is 7.96. The van der Waals surface area contributed by atoms with Crippen molar-refractivity contribution in [1.82, 2.24) is 24.6 Å². The van der Waals surface area contributed by atoms with Gasteiger partial charge in [0, 0.05) is 31.4 Å². The van der Waals surface area contributed by atoms with Crippen molar-refractivity contribution in [2.24, 2.45) is 7.05 Å². The van der Waals surface area contributed by atoms with Crippen LogP contribution in [0.15, 0.2) is 24.7 Å². The second-order valence-electron chi connectivity index (χ2n) is 6.07. The zero-order valence-electron chi connectivity index (χ0n) is 13.0. The van der Waals surface area contributed by atoms with E-state index in [2.05, 4.69) is 33.8 Å². The van der Waals surface area contributed by atoms with Gasteiger partial charge in [-0.05, 0) is 45.8 Å². The van der Waals surface area contributed by atoms with E-state index >= 15 is 0 Å². The minimum absolute atomic E-state index is 0.549. The highest BCUT2D eigenvalue weighted by molar-refractivity contribution is 5.52. The van der Waals surface area contributed by atoms with Crippen LogP contribution in [0.4, 0.5) is 0 Å². The third-order valence-corrected chi connectivity index (χ3v) is 4.43. The van der Waals surface area contributed by atoms with Crippen molar-refractivity contribution in [2.75, 3.05) is 13.1 Å². The van der Waals surface area contributed by atoms with Gasteiger partial charge in [-0.1, -0.05) is 0 Å². The van der Waals surface area contributed by atoms with E-state index in [9.17, 15) is 0 Å². The first-order valence-corrected chi connectivity index (χ1v) is 7.69. The molecule has 2 aromatic heterocycles. The van der Waals surface area contributed by atoms with Crippen molar-refractivity contribution in [3.05, 3.63) is 30.4 Å². The van der Waals surface area contributed by atoms with Crippen LogP contribution in [-0.4, -0.2) is 43.8 Å². The summed E-state index contributed by atoms with van der Waals surface area (Å²) in [5.74, 6) is 0.549. The molecule has 1 aliphatic rings. The second kappa shape index (κ2) is 5.93. The van der Waals surface area contributed by atoms with Crippen molar-refractivity contribution in [3.8, 4) is 11.4 Å². The summed E-state index contributed by atoms with van der Waals surface area (Å²) < 4.78 is 1.82. The minimum atomic E-state index is 0.549. The van der Waals surface area contributed by atoms with Gasteiger partial charge in [0.05, 0.1) is 17.6 Å². The molecule has 0 aromatic carbocycles. The third-order valence-electron chi connectivity index (χ3n) is 4.43. The van der Waals surface area contributed by atoms with Crippen LogP contribution in [0.3, 0.4) is 0 Å². The highest BCUT2D eigenvalue weighted by Gasteiger charge is 2.23. The van der Waals surface area contributed by atoms with E-state index in [-0.39, 0.29) is 0 Å². The molecule has 0 aliphatic carbocycles. The summed E-state index contributed by atoms with van der Waals surface area (Å²) in [4.78, 5) is 11.8. The Morgan fingerprint density at radius 3 is 2.43 bits per heavy atom. The maximum absolute atomic E-state index is 4.65. The van der Waals surface area contributed by atoms with Crippen molar-refractivity contribution in [1.29, 1.82) is 0 Å². The number of hydrogen-bond donors (Lipinski definition) is 0. The molecule has 0 amide bonds. The number of rotatable bonds is 3. The molecule has 1 aliphatic heterocycles. The quantitative estimate of drug-likeness (QED) is 0.869. The van der Waals surface area contributed by atoms with Gasteiger partial charge in [0.25, 0.3) is 0 Å². The van der Waals surface area contributed by atoms with Gasteiger partial charge in [-0.15, -0.1) is 0 Å².